The van der Waals surface area contributed by atoms with Crippen LogP contribution in [-0.2, 0) is 0 Å². The maximum Gasteiger partial charge on any atom is 0.227 e. The highest BCUT2D eigenvalue weighted by Gasteiger charge is 2.26. The molecule has 0 atom stereocenters. The van der Waals surface area contributed by atoms with Crippen LogP contribution >= 0.6 is 11.6 Å². The number of halogens is 1. The molecule has 2 aromatic rings. The van der Waals surface area contributed by atoms with E-state index in [2.05, 4.69) is 49.2 Å². The third kappa shape index (κ3) is 4.91. The Hall–Kier alpha value is -2.09. The second-order valence-corrected chi connectivity index (χ2v) is 8.23. The first-order chi connectivity index (χ1) is 14.1. The van der Waals surface area contributed by atoms with Gasteiger partial charge in [0.15, 0.2) is 0 Å². The molecule has 4 rings (SSSR count). The summed E-state index contributed by atoms with van der Waals surface area (Å²) in [4.78, 5) is 15.9. The van der Waals surface area contributed by atoms with Gasteiger partial charge in [-0.1, -0.05) is 11.6 Å². The minimum Gasteiger partial charge on any atom is -0.494 e. The fourth-order valence-electron chi connectivity index (χ4n) is 4.18. The second kappa shape index (κ2) is 9.15. The molecule has 0 spiro atoms. The van der Waals surface area contributed by atoms with Crippen LogP contribution in [0.5, 0.6) is 5.75 Å². The van der Waals surface area contributed by atoms with Crippen LogP contribution in [0.1, 0.15) is 12.8 Å². The predicted octanol–water partition coefficient (Wildman–Crippen LogP) is 3.10. The standard InChI is InChI=1S/C21H29ClN6O/c1-26-7-5-17(6-8-26)27-9-11-28(12-10-27)18-3-4-19(20(13-18)29-2)25-21-23-14-16(22)15-24-21/h3-4,13-15,17H,5-12H2,1-2H3,(H,23,24,25). The smallest absolute Gasteiger partial charge is 0.227 e. The SMILES string of the molecule is COc1cc(N2CCN(C3CCN(C)CC3)CC2)ccc1Nc1ncc(Cl)cn1. The van der Waals surface area contributed by atoms with Gasteiger partial charge >= 0.3 is 0 Å². The molecule has 0 aliphatic carbocycles. The third-order valence-corrected chi connectivity index (χ3v) is 6.13. The number of nitrogens with zero attached hydrogens (tertiary/aromatic N) is 5. The Balaban J connectivity index is 1.38. The predicted molar refractivity (Wildman–Crippen MR) is 118 cm³/mol. The van der Waals surface area contributed by atoms with Crippen LogP contribution in [-0.4, -0.2) is 79.2 Å². The Morgan fingerprint density at radius 1 is 1.03 bits per heavy atom. The Bertz CT molecular complexity index is 801. The molecular weight excluding hydrogens is 388 g/mol. The zero-order valence-electron chi connectivity index (χ0n) is 17.1. The molecule has 2 aliphatic heterocycles. The Labute approximate surface area is 177 Å². The number of likely N-dealkylation sites (tertiary alicyclic amines) is 1. The van der Waals surface area contributed by atoms with Gasteiger partial charge in [0.25, 0.3) is 0 Å². The van der Waals surface area contributed by atoms with Gasteiger partial charge in [-0.2, -0.15) is 0 Å². The summed E-state index contributed by atoms with van der Waals surface area (Å²) in [6.45, 7) is 6.76. The molecule has 1 aromatic heterocycles. The minimum absolute atomic E-state index is 0.493. The van der Waals surface area contributed by atoms with Gasteiger partial charge in [-0.25, -0.2) is 9.97 Å². The van der Waals surface area contributed by atoms with Gasteiger partial charge in [0.05, 0.1) is 30.2 Å². The number of hydrogen-bond acceptors (Lipinski definition) is 7. The summed E-state index contributed by atoms with van der Waals surface area (Å²) in [7, 11) is 3.91. The topological polar surface area (TPSA) is 56.8 Å². The Kier molecular flexibility index (Phi) is 6.37. The van der Waals surface area contributed by atoms with Gasteiger partial charge in [-0.15, -0.1) is 0 Å². The lowest BCUT2D eigenvalue weighted by atomic mass is 10.0. The van der Waals surface area contributed by atoms with Crippen LogP contribution in [0.4, 0.5) is 17.3 Å². The van der Waals surface area contributed by atoms with Crippen molar-refractivity contribution in [1.29, 1.82) is 0 Å². The molecule has 2 saturated heterocycles. The van der Waals surface area contributed by atoms with Crippen molar-refractivity contribution in [3.8, 4) is 5.75 Å². The monoisotopic (exact) mass is 416 g/mol. The summed E-state index contributed by atoms with van der Waals surface area (Å²) in [5.74, 6) is 1.27. The molecule has 7 nitrogen and oxygen atoms in total. The normalized spacial score (nSPS) is 19.3. The fourth-order valence-corrected chi connectivity index (χ4v) is 4.28. The first kappa shape index (κ1) is 20.2. The van der Waals surface area contributed by atoms with Crippen LogP contribution in [0, 0.1) is 0 Å². The van der Waals surface area contributed by atoms with Gasteiger partial charge in [0.2, 0.25) is 5.95 Å². The molecular formula is C21H29ClN6O. The van der Waals surface area contributed by atoms with E-state index in [1.807, 2.05) is 6.07 Å². The van der Waals surface area contributed by atoms with E-state index in [-0.39, 0.29) is 0 Å². The van der Waals surface area contributed by atoms with Gasteiger partial charge in [-0.05, 0) is 45.1 Å². The van der Waals surface area contributed by atoms with Crippen molar-refractivity contribution in [2.24, 2.45) is 0 Å². The highest BCUT2D eigenvalue weighted by Crippen LogP contribution is 2.32. The summed E-state index contributed by atoms with van der Waals surface area (Å²) < 4.78 is 5.61. The molecule has 0 radical (unpaired) electrons. The molecule has 0 saturated carbocycles. The van der Waals surface area contributed by atoms with Crippen LogP contribution in [0.3, 0.4) is 0 Å². The molecule has 29 heavy (non-hydrogen) atoms. The van der Waals surface area contributed by atoms with E-state index in [1.54, 1.807) is 19.5 Å². The number of piperazine rings is 1. The Morgan fingerprint density at radius 2 is 1.72 bits per heavy atom. The number of aromatic nitrogens is 2. The van der Waals surface area contributed by atoms with Crippen molar-refractivity contribution in [3.63, 3.8) is 0 Å². The van der Waals surface area contributed by atoms with Crippen molar-refractivity contribution in [1.82, 2.24) is 19.8 Å². The number of methoxy groups -OCH3 is 1. The number of ether oxygens (including phenoxy) is 1. The fraction of sp³-hybridized carbons (Fsp3) is 0.524. The van der Waals surface area contributed by atoms with E-state index in [0.29, 0.717) is 11.0 Å². The average Bonchev–Trinajstić information content (AvgIpc) is 2.76. The number of hydrogen-bond donors (Lipinski definition) is 1. The summed E-state index contributed by atoms with van der Waals surface area (Å²) in [6.07, 6.45) is 5.72. The number of rotatable bonds is 5. The van der Waals surface area contributed by atoms with Crippen LogP contribution in [0.2, 0.25) is 5.02 Å². The maximum absolute atomic E-state index is 5.86. The summed E-state index contributed by atoms with van der Waals surface area (Å²) in [5, 5.41) is 3.71. The van der Waals surface area contributed by atoms with Gasteiger partial charge in [0.1, 0.15) is 5.75 Å². The lowest BCUT2D eigenvalue weighted by molar-refractivity contribution is 0.115. The third-order valence-electron chi connectivity index (χ3n) is 5.94. The number of nitrogens with one attached hydrogen (secondary N) is 1. The first-order valence-corrected chi connectivity index (χ1v) is 10.6. The van der Waals surface area contributed by atoms with Crippen molar-refractivity contribution < 1.29 is 4.74 Å². The largest absolute Gasteiger partial charge is 0.494 e. The van der Waals surface area contributed by atoms with E-state index in [4.69, 9.17) is 16.3 Å². The summed E-state index contributed by atoms with van der Waals surface area (Å²) in [6, 6.07) is 6.99. The van der Waals surface area contributed by atoms with Crippen molar-refractivity contribution in [2.45, 2.75) is 18.9 Å². The van der Waals surface area contributed by atoms with Crippen molar-refractivity contribution >= 4 is 28.9 Å². The molecule has 0 bridgehead atoms. The minimum atomic E-state index is 0.493. The quantitative estimate of drug-likeness (QED) is 0.803. The lowest BCUT2D eigenvalue weighted by Gasteiger charge is -2.43. The van der Waals surface area contributed by atoms with Gasteiger partial charge in [-0.3, -0.25) is 4.90 Å². The molecule has 8 heteroatoms. The van der Waals surface area contributed by atoms with Crippen molar-refractivity contribution in [3.05, 3.63) is 35.6 Å². The van der Waals surface area contributed by atoms with Gasteiger partial charge < -0.3 is 19.9 Å². The van der Waals surface area contributed by atoms with Crippen LogP contribution in [0.25, 0.3) is 0 Å². The molecule has 1 aromatic carbocycles. The molecule has 0 amide bonds. The van der Waals surface area contributed by atoms with Crippen LogP contribution in [0.15, 0.2) is 30.6 Å². The van der Waals surface area contributed by atoms with E-state index < -0.39 is 0 Å². The van der Waals surface area contributed by atoms with Crippen LogP contribution < -0.4 is 15.0 Å². The Morgan fingerprint density at radius 3 is 2.38 bits per heavy atom. The number of anilines is 3. The zero-order valence-corrected chi connectivity index (χ0v) is 17.9. The van der Waals surface area contributed by atoms with E-state index in [9.17, 15) is 0 Å². The molecule has 2 aliphatic rings. The van der Waals surface area contributed by atoms with E-state index >= 15 is 0 Å². The summed E-state index contributed by atoms with van der Waals surface area (Å²) in [5.41, 5.74) is 2.02. The molecule has 3 heterocycles. The van der Waals surface area contributed by atoms with Gasteiger partial charge in [0, 0.05) is 44.0 Å². The lowest BCUT2D eigenvalue weighted by Crippen LogP contribution is -2.53. The second-order valence-electron chi connectivity index (χ2n) is 7.79. The number of benzene rings is 1. The molecule has 156 valence electrons. The summed E-state index contributed by atoms with van der Waals surface area (Å²) >= 11 is 5.86. The highest BCUT2D eigenvalue weighted by molar-refractivity contribution is 6.30. The maximum atomic E-state index is 5.86. The molecule has 1 N–H and O–H groups in total. The number of piperidine rings is 1. The van der Waals surface area contributed by atoms with E-state index in [1.165, 1.54) is 31.6 Å². The highest BCUT2D eigenvalue weighted by atomic mass is 35.5. The first-order valence-electron chi connectivity index (χ1n) is 10.2. The zero-order chi connectivity index (χ0) is 20.2. The molecule has 2 fully saturated rings. The average molecular weight is 417 g/mol. The van der Waals surface area contributed by atoms with E-state index in [0.717, 1.165) is 43.7 Å². The van der Waals surface area contributed by atoms with Crippen molar-refractivity contribution in [2.75, 3.05) is 63.6 Å². The molecule has 0 unspecified atom stereocenters.